The van der Waals surface area contributed by atoms with Gasteiger partial charge in [-0.1, -0.05) is 20.3 Å². The lowest BCUT2D eigenvalue weighted by Crippen LogP contribution is -2.38. The molecule has 0 aromatic rings. The zero-order valence-electron chi connectivity index (χ0n) is 10.1. The Bertz CT molecular complexity index is 225. The summed E-state index contributed by atoms with van der Waals surface area (Å²) >= 11 is 0. The largest absolute Gasteiger partial charge is 0.371 e. The SMILES string of the molecule is CCC[C@@]12CC[C@H](C)C(C)(C1)OC2C. The lowest BCUT2D eigenvalue weighted by atomic mass is 9.63. The van der Waals surface area contributed by atoms with Gasteiger partial charge in [-0.2, -0.15) is 0 Å². The van der Waals surface area contributed by atoms with Gasteiger partial charge in [0.1, 0.15) is 0 Å². The van der Waals surface area contributed by atoms with E-state index in [0.717, 1.165) is 5.92 Å². The lowest BCUT2D eigenvalue weighted by Gasteiger charge is -2.40. The van der Waals surface area contributed by atoms with Gasteiger partial charge in [0.2, 0.25) is 0 Å². The first-order chi connectivity index (χ1) is 6.52. The Balaban J connectivity index is 2.22. The second-order valence-electron chi connectivity index (χ2n) is 5.80. The van der Waals surface area contributed by atoms with Gasteiger partial charge in [-0.25, -0.2) is 0 Å². The summed E-state index contributed by atoms with van der Waals surface area (Å²) in [5, 5.41) is 0. The highest BCUT2D eigenvalue weighted by atomic mass is 16.5. The molecular formula is C13H24O. The minimum absolute atomic E-state index is 0.187. The quantitative estimate of drug-likeness (QED) is 0.653. The van der Waals surface area contributed by atoms with Crippen LogP contribution in [0.2, 0.25) is 0 Å². The highest BCUT2D eigenvalue weighted by molar-refractivity contribution is 5.05. The number of rotatable bonds is 2. The number of fused-ring (bicyclic) bond motifs is 2. The third-order valence-corrected chi connectivity index (χ3v) is 4.88. The predicted molar refractivity (Wildman–Crippen MR) is 59.3 cm³/mol. The Morgan fingerprint density at radius 3 is 2.71 bits per heavy atom. The second-order valence-corrected chi connectivity index (χ2v) is 5.80. The Hall–Kier alpha value is -0.0400. The van der Waals surface area contributed by atoms with Crippen LogP contribution in [-0.4, -0.2) is 11.7 Å². The minimum atomic E-state index is 0.187. The molecule has 1 saturated carbocycles. The molecule has 0 spiro atoms. The fraction of sp³-hybridized carbons (Fsp3) is 1.00. The van der Waals surface area contributed by atoms with E-state index in [9.17, 15) is 0 Å². The van der Waals surface area contributed by atoms with Crippen molar-refractivity contribution in [3.63, 3.8) is 0 Å². The summed E-state index contributed by atoms with van der Waals surface area (Å²) in [4.78, 5) is 0. The average molecular weight is 196 g/mol. The molecule has 0 aromatic carbocycles. The van der Waals surface area contributed by atoms with E-state index in [1.54, 1.807) is 0 Å². The molecule has 1 heteroatoms. The van der Waals surface area contributed by atoms with Crippen LogP contribution in [-0.2, 0) is 4.74 Å². The van der Waals surface area contributed by atoms with Crippen LogP contribution in [0.15, 0.2) is 0 Å². The third-order valence-electron chi connectivity index (χ3n) is 4.88. The normalized spacial score (nSPS) is 52.3. The van der Waals surface area contributed by atoms with Gasteiger partial charge in [0, 0.05) is 0 Å². The predicted octanol–water partition coefficient (Wildman–Crippen LogP) is 3.77. The molecule has 0 aromatic heterocycles. The summed E-state index contributed by atoms with van der Waals surface area (Å²) in [6.07, 6.45) is 7.20. The van der Waals surface area contributed by atoms with Gasteiger partial charge in [-0.3, -0.25) is 0 Å². The Morgan fingerprint density at radius 1 is 1.36 bits per heavy atom. The Morgan fingerprint density at radius 2 is 2.07 bits per heavy atom. The van der Waals surface area contributed by atoms with Crippen molar-refractivity contribution in [2.75, 3.05) is 0 Å². The van der Waals surface area contributed by atoms with Gasteiger partial charge in [-0.05, 0) is 50.9 Å². The van der Waals surface area contributed by atoms with Crippen molar-refractivity contribution in [2.45, 2.75) is 71.5 Å². The van der Waals surface area contributed by atoms with Crippen molar-refractivity contribution >= 4 is 0 Å². The van der Waals surface area contributed by atoms with E-state index in [-0.39, 0.29) is 5.60 Å². The van der Waals surface area contributed by atoms with Crippen molar-refractivity contribution in [3.8, 4) is 0 Å². The lowest BCUT2D eigenvalue weighted by molar-refractivity contribution is -0.0546. The standard InChI is InChI=1S/C13H24O/c1-5-7-13-8-6-10(2)12(4,9-13)14-11(13)3/h10-11H,5-9H2,1-4H3/t10-,11?,12?,13+/m0/s1. The molecule has 1 nitrogen and oxygen atoms in total. The topological polar surface area (TPSA) is 9.23 Å². The van der Waals surface area contributed by atoms with Gasteiger partial charge in [0.25, 0.3) is 0 Å². The highest BCUT2D eigenvalue weighted by Crippen LogP contribution is 2.57. The third kappa shape index (κ3) is 1.32. The van der Waals surface area contributed by atoms with E-state index in [0.29, 0.717) is 11.5 Å². The van der Waals surface area contributed by atoms with Gasteiger partial charge < -0.3 is 4.74 Å². The molecule has 1 aliphatic heterocycles. The molecule has 2 fully saturated rings. The van der Waals surface area contributed by atoms with Gasteiger partial charge in [0.05, 0.1) is 11.7 Å². The van der Waals surface area contributed by atoms with Crippen LogP contribution in [0.3, 0.4) is 0 Å². The number of hydrogen-bond acceptors (Lipinski definition) is 1. The van der Waals surface area contributed by atoms with Crippen LogP contribution in [0.25, 0.3) is 0 Å². The maximum absolute atomic E-state index is 6.24. The van der Waals surface area contributed by atoms with E-state index in [1.807, 2.05) is 0 Å². The molecule has 2 unspecified atom stereocenters. The van der Waals surface area contributed by atoms with Gasteiger partial charge in [0.15, 0.2) is 0 Å². The smallest absolute Gasteiger partial charge is 0.0690 e. The van der Waals surface area contributed by atoms with E-state index < -0.39 is 0 Å². The number of hydrogen-bond donors (Lipinski definition) is 0. The first-order valence-corrected chi connectivity index (χ1v) is 6.20. The van der Waals surface area contributed by atoms with Crippen LogP contribution in [0, 0.1) is 11.3 Å². The maximum atomic E-state index is 6.24. The molecule has 2 aliphatic rings. The zero-order valence-corrected chi connectivity index (χ0v) is 10.1. The molecular weight excluding hydrogens is 172 g/mol. The summed E-state index contributed by atoms with van der Waals surface area (Å²) in [6.45, 7) is 9.27. The van der Waals surface area contributed by atoms with Crippen LogP contribution < -0.4 is 0 Å². The fourth-order valence-corrected chi connectivity index (χ4v) is 3.72. The summed E-state index contributed by atoms with van der Waals surface area (Å²) in [7, 11) is 0. The molecule has 1 saturated heterocycles. The molecule has 0 N–H and O–H groups in total. The molecule has 0 radical (unpaired) electrons. The zero-order chi connectivity index (χ0) is 10.4. The molecule has 14 heavy (non-hydrogen) atoms. The number of ether oxygens (including phenoxy) is 1. The Labute approximate surface area is 88.2 Å². The first-order valence-electron chi connectivity index (χ1n) is 6.20. The molecule has 4 atom stereocenters. The second kappa shape index (κ2) is 3.23. The van der Waals surface area contributed by atoms with Crippen molar-refractivity contribution < 1.29 is 4.74 Å². The highest BCUT2D eigenvalue weighted by Gasteiger charge is 2.56. The molecule has 1 heterocycles. The van der Waals surface area contributed by atoms with E-state index in [4.69, 9.17) is 4.74 Å². The van der Waals surface area contributed by atoms with Crippen molar-refractivity contribution in [3.05, 3.63) is 0 Å². The molecule has 0 amide bonds. The van der Waals surface area contributed by atoms with Crippen LogP contribution in [0.4, 0.5) is 0 Å². The summed E-state index contributed by atoms with van der Waals surface area (Å²) in [5.74, 6) is 0.748. The van der Waals surface area contributed by atoms with Crippen molar-refractivity contribution in [1.29, 1.82) is 0 Å². The summed E-state index contributed by atoms with van der Waals surface area (Å²) in [5.41, 5.74) is 0.711. The first kappa shape index (κ1) is 10.5. The minimum Gasteiger partial charge on any atom is -0.371 e. The van der Waals surface area contributed by atoms with Crippen molar-refractivity contribution in [1.82, 2.24) is 0 Å². The fourth-order valence-electron chi connectivity index (χ4n) is 3.72. The van der Waals surface area contributed by atoms with Crippen LogP contribution in [0.5, 0.6) is 0 Å². The molecule has 1 aliphatic carbocycles. The van der Waals surface area contributed by atoms with Crippen LogP contribution in [0.1, 0.15) is 59.8 Å². The van der Waals surface area contributed by atoms with Gasteiger partial charge >= 0.3 is 0 Å². The van der Waals surface area contributed by atoms with E-state index >= 15 is 0 Å². The maximum Gasteiger partial charge on any atom is 0.0690 e. The molecule has 2 rings (SSSR count). The Kier molecular flexibility index (Phi) is 2.42. The van der Waals surface area contributed by atoms with E-state index in [2.05, 4.69) is 27.7 Å². The summed E-state index contributed by atoms with van der Waals surface area (Å²) < 4.78 is 6.24. The molecule has 2 bridgehead atoms. The molecule has 82 valence electrons. The summed E-state index contributed by atoms with van der Waals surface area (Å²) in [6, 6.07) is 0. The van der Waals surface area contributed by atoms with E-state index in [1.165, 1.54) is 32.1 Å². The van der Waals surface area contributed by atoms with Crippen molar-refractivity contribution in [2.24, 2.45) is 11.3 Å². The van der Waals surface area contributed by atoms with Gasteiger partial charge in [-0.15, -0.1) is 0 Å². The monoisotopic (exact) mass is 196 g/mol. The van der Waals surface area contributed by atoms with Crippen LogP contribution >= 0.6 is 0 Å². The average Bonchev–Trinajstić information content (AvgIpc) is 2.32.